The van der Waals surface area contributed by atoms with E-state index in [-0.39, 0.29) is 6.04 Å². The molecule has 0 heterocycles. The number of hydrogen-bond acceptors (Lipinski definition) is 2. The lowest BCUT2D eigenvalue weighted by molar-refractivity contribution is 0.502. The normalized spacial score (nSPS) is 14.8. The van der Waals surface area contributed by atoms with E-state index >= 15 is 0 Å². The minimum absolute atomic E-state index is 0.0488. The van der Waals surface area contributed by atoms with Gasteiger partial charge in [-0.2, -0.15) is 11.8 Å². The minimum Gasteiger partial charge on any atom is -0.307 e. The fourth-order valence-corrected chi connectivity index (χ4v) is 2.24. The first-order chi connectivity index (χ1) is 7.52. The minimum atomic E-state index is -0.527. The SMILES string of the molecule is CSCC(C)NC(C)c1cc(F)cc(F)c1. The zero-order valence-electron chi connectivity index (χ0n) is 9.76. The Labute approximate surface area is 99.6 Å². The second-order valence-corrected chi connectivity index (χ2v) is 4.86. The van der Waals surface area contributed by atoms with Crippen LogP contribution in [0.25, 0.3) is 0 Å². The van der Waals surface area contributed by atoms with Crippen molar-refractivity contribution in [3.05, 3.63) is 35.4 Å². The molecule has 0 aliphatic heterocycles. The van der Waals surface area contributed by atoms with E-state index in [1.165, 1.54) is 12.1 Å². The Balaban J connectivity index is 2.68. The maximum atomic E-state index is 13.0. The molecule has 0 saturated carbocycles. The Bertz CT molecular complexity index is 324. The van der Waals surface area contributed by atoms with Crippen LogP contribution in [0, 0.1) is 11.6 Å². The highest BCUT2D eigenvalue weighted by molar-refractivity contribution is 7.98. The summed E-state index contributed by atoms with van der Waals surface area (Å²) in [5, 5.41) is 3.30. The van der Waals surface area contributed by atoms with Crippen LogP contribution in [0.3, 0.4) is 0 Å². The Hall–Kier alpha value is -0.610. The van der Waals surface area contributed by atoms with Gasteiger partial charge in [-0.05, 0) is 37.8 Å². The smallest absolute Gasteiger partial charge is 0.126 e. The Kier molecular flexibility index (Phi) is 5.22. The summed E-state index contributed by atoms with van der Waals surface area (Å²) in [6.45, 7) is 3.97. The first kappa shape index (κ1) is 13.5. The Morgan fingerprint density at radius 2 is 1.75 bits per heavy atom. The fraction of sp³-hybridized carbons (Fsp3) is 0.500. The van der Waals surface area contributed by atoms with Crippen LogP contribution in [0.5, 0.6) is 0 Å². The summed E-state index contributed by atoms with van der Waals surface area (Å²) in [5.74, 6) is -0.0790. The highest BCUT2D eigenvalue weighted by Gasteiger charge is 2.11. The molecule has 2 unspecified atom stereocenters. The van der Waals surface area contributed by atoms with Gasteiger partial charge in [0.2, 0.25) is 0 Å². The first-order valence-corrected chi connectivity index (χ1v) is 6.63. The maximum Gasteiger partial charge on any atom is 0.126 e. The van der Waals surface area contributed by atoms with Crippen LogP contribution >= 0.6 is 11.8 Å². The lowest BCUT2D eigenvalue weighted by Crippen LogP contribution is -2.30. The van der Waals surface area contributed by atoms with Gasteiger partial charge in [0, 0.05) is 23.9 Å². The van der Waals surface area contributed by atoms with Crippen LogP contribution < -0.4 is 5.32 Å². The second-order valence-electron chi connectivity index (χ2n) is 3.95. The molecule has 0 amide bonds. The zero-order chi connectivity index (χ0) is 12.1. The average molecular weight is 245 g/mol. The monoisotopic (exact) mass is 245 g/mol. The molecular weight excluding hydrogens is 228 g/mol. The summed E-state index contributed by atoms with van der Waals surface area (Å²) >= 11 is 1.74. The molecule has 0 fully saturated rings. The average Bonchev–Trinajstić information content (AvgIpc) is 2.16. The first-order valence-electron chi connectivity index (χ1n) is 5.24. The van der Waals surface area contributed by atoms with Crippen LogP contribution in [0.15, 0.2) is 18.2 Å². The molecule has 0 aliphatic rings. The van der Waals surface area contributed by atoms with Gasteiger partial charge in [0.1, 0.15) is 11.6 Å². The van der Waals surface area contributed by atoms with E-state index in [9.17, 15) is 8.78 Å². The van der Waals surface area contributed by atoms with E-state index in [0.717, 1.165) is 11.8 Å². The molecule has 0 aromatic heterocycles. The Morgan fingerprint density at radius 3 is 2.25 bits per heavy atom. The largest absolute Gasteiger partial charge is 0.307 e. The third-order valence-corrected chi connectivity index (χ3v) is 3.17. The third-order valence-electron chi connectivity index (χ3n) is 2.34. The zero-order valence-corrected chi connectivity index (χ0v) is 10.6. The predicted octanol–water partition coefficient (Wildman–Crippen LogP) is 3.37. The van der Waals surface area contributed by atoms with Gasteiger partial charge in [-0.3, -0.25) is 0 Å². The van der Waals surface area contributed by atoms with E-state index in [4.69, 9.17) is 0 Å². The van der Waals surface area contributed by atoms with Crippen molar-refractivity contribution in [1.29, 1.82) is 0 Å². The lowest BCUT2D eigenvalue weighted by atomic mass is 10.1. The summed E-state index contributed by atoms with van der Waals surface area (Å²) in [6, 6.07) is 3.89. The van der Waals surface area contributed by atoms with E-state index in [1.54, 1.807) is 11.8 Å². The third kappa shape index (κ3) is 4.10. The molecule has 0 spiro atoms. The van der Waals surface area contributed by atoms with Crippen LogP contribution in [-0.2, 0) is 0 Å². The standard InChI is InChI=1S/C12H17F2NS/c1-8(7-16-3)15-9(2)10-4-11(13)6-12(14)5-10/h4-6,8-9,15H,7H2,1-3H3. The summed E-state index contributed by atoms with van der Waals surface area (Å²) in [4.78, 5) is 0. The van der Waals surface area contributed by atoms with Gasteiger partial charge in [0.15, 0.2) is 0 Å². The number of thioether (sulfide) groups is 1. The second kappa shape index (κ2) is 6.21. The lowest BCUT2D eigenvalue weighted by Gasteiger charge is -2.19. The van der Waals surface area contributed by atoms with Crippen molar-refractivity contribution in [2.75, 3.05) is 12.0 Å². The van der Waals surface area contributed by atoms with E-state index in [1.807, 2.05) is 13.2 Å². The van der Waals surface area contributed by atoms with Crippen LogP contribution in [-0.4, -0.2) is 18.1 Å². The molecule has 1 aromatic carbocycles. The number of hydrogen-bond donors (Lipinski definition) is 1. The van der Waals surface area contributed by atoms with E-state index in [0.29, 0.717) is 11.6 Å². The molecule has 1 aromatic rings. The van der Waals surface area contributed by atoms with Crippen LogP contribution in [0.1, 0.15) is 25.5 Å². The highest BCUT2D eigenvalue weighted by Crippen LogP contribution is 2.16. The molecule has 0 saturated heterocycles. The predicted molar refractivity (Wildman–Crippen MR) is 65.8 cm³/mol. The van der Waals surface area contributed by atoms with Gasteiger partial charge >= 0.3 is 0 Å². The van der Waals surface area contributed by atoms with Gasteiger partial charge in [0.05, 0.1) is 0 Å². The highest BCUT2D eigenvalue weighted by atomic mass is 32.2. The quantitative estimate of drug-likeness (QED) is 0.853. The topological polar surface area (TPSA) is 12.0 Å². The van der Waals surface area contributed by atoms with Crippen molar-refractivity contribution in [3.63, 3.8) is 0 Å². The van der Waals surface area contributed by atoms with Gasteiger partial charge < -0.3 is 5.32 Å². The Morgan fingerprint density at radius 1 is 1.19 bits per heavy atom. The fourth-order valence-electron chi connectivity index (χ4n) is 1.65. The van der Waals surface area contributed by atoms with Gasteiger partial charge in [-0.1, -0.05) is 0 Å². The molecule has 0 bridgehead atoms. The van der Waals surface area contributed by atoms with Gasteiger partial charge in [0.25, 0.3) is 0 Å². The molecule has 1 nitrogen and oxygen atoms in total. The van der Waals surface area contributed by atoms with Gasteiger partial charge in [-0.15, -0.1) is 0 Å². The van der Waals surface area contributed by atoms with Crippen LogP contribution in [0.2, 0.25) is 0 Å². The van der Waals surface area contributed by atoms with Crippen molar-refractivity contribution in [1.82, 2.24) is 5.32 Å². The van der Waals surface area contributed by atoms with Crippen molar-refractivity contribution < 1.29 is 8.78 Å². The molecule has 4 heteroatoms. The van der Waals surface area contributed by atoms with E-state index < -0.39 is 11.6 Å². The summed E-state index contributed by atoms with van der Waals surface area (Å²) in [5.41, 5.74) is 0.644. The molecule has 1 rings (SSSR count). The molecular formula is C12H17F2NS. The van der Waals surface area contributed by atoms with E-state index in [2.05, 4.69) is 12.2 Å². The van der Waals surface area contributed by atoms with Crippen molar-refractivity contribution in [3.8, 4) is 0 Å². The number of nitrogens with one attached hydrogen (secondary N) is 1. The van der Waals surface area contributed by atoms with Crippen molar-refractivity contribution in [2.24, 2.45) is 0 Å². The van der Waals surface area contributed by atoms with Crippen molar-refractivity contribution in [2.45, 2.75) is 25.9 Å². The molecule has 1 N–H and O–H groups in total. The summed E-state index contributed by atoms with van der Waals surface area (Å²) < 4.78 is 26.0. The molecule has 90 valence electrons. The molecule has 0 aliphatic carbocycles. The maximum absolute atomic E-state index is 13.0. The van der Waals surface area contributed by atoms with Crippen molar-refractivity contribution >= 4 is 11.8 Å². The number of rotatable bonds is 5. The summed E-state index contributed by atoms with van der Waals surface area (Å²) in [7, 11) is 0. The molecule has 16 heavy (non-hydrogen) atoms. The van der Waals surface area contributed by atoms with Gasteiger partial charge in [-0.25, -0.2) is 8.78 Å². The number of benzene rings is 1. The summed E-state index contributed by atoms with van der Waals surface area (Å²) in [6.07, 6.45) is 2.03. The van der Waals surface area contributed by atoms with Crippen LogP contribution in [0.4, 0.5) is 8.78 Å². The molecule has 0 radical (unpaired) electrons. The molecule has 2 atom stereocenters. The number of halogens is 2.